The lowest BCUT2D eigenvalue weighted by Gasteiger charge is -2.16. The van der Waals surface area contributed by atoms with Gasteiger partial charge in [-0.2, -0.15) is 4.72 Å². The Balaban J connectivity index is 2.85. The fraction of sp³-hybridized carbons (Fsp3) is 0.500. The second-order valence-corrected chi connectivity index (χ2v) is 7.62. The third kappa shape index (κ3) is 5.25. The molecule has 4 N–H and O–H groups in total. The average Bonchev–Trinajstić information content (AvgIpc) is 2.37. The van der Waals surface area contributed by atoms with Crippen molar-refractivity contribution in [2.24, 2.45) is 5.92 Å². The van der Waals surface area contributed by atoms with Crippen LogP contribution < -0.4 is 15.8 Å². The fourth-order valence-corrected chi connectivity index (χ4v) is 3.25. The van der Waals surface area contributed by atoms with Gasteiger partial charge >= 0.3 is 0 Å². The largest absolute Gasteiger partial charge is 0.383 e. The van der Waals surface area contributed by atoms with E-state index in [1.807, 2.05) is 13.8 Å². The van der Waals surface area contributed by atoms with Gasteiger partial charge in [0.25, 0.3) is 0 Å². The Morgan fingerprint density at radius 2 is 2.05 bits per heavy atom. The second-order valence-electron chi connectivity index (χ2n) is 5.02. The van der Waals surface area contributed by atoms with Gasteiger partial charge in [0.1, 0.15) is 10.7 Å². The molecule has 0 radical (unpaired) electrons. The average molecular weight is 379 g/mol. The van der Waals surface area contributed by atoms with Crippen LogP contribution in [0.4, 0.5) is 5.82 Å². The number of hydrogen-bond acceptors (Lipinski definition) is 5. The molecule has 1 aromatic heterocycles. The molecule has 0 spiro atoms. The van der Waals surface area contributed by atoms with E-state index in [1.165, 1.54) is 19.2 Å². The topological polar surface area (TPSA) is 114 Å². The summed E-state index contributed by atoms with van der Waals surface area (Å²) in [5.74, 6) is -0.239. The van der Waals surface area contributed by atoms with Gasteiger partial charge in [-0.15, -0.1) is 0 Å². The van der Waals surface area contributed by atoms with E-state index < -0.39 is 22.0 Å². The Morgan fingerprint density at radius 3 is 2.62 bits per heavy atom. The molecule has 1 rings (SSSR count). The van der Waals surface area contributed by atoms with Crippen LogP contribution in [0.2, 0.25) is 0 Å². The molecule has 0 aliphatic heterocycles. The molecule has 0 aromatic carbocycles. The predicted octanol–water partition coefficient (Wildman–Crippen LogP) is 0.865. The van der Waals surface area contributed by atoms with Crippen molar-refractivity contribution in [3.05, 3.63) is 16.7 Å². The Morgan fingerprint density at radius 1 is 1.43 bits per heavy atom. The number of nitrogens with one attached hydrogen (secondary N) is 2. The number of rotatable bonds is 6. The SMILES string of the molecule is CC(C)CNC(=O)C(C)NS(=O)(=O)c1cc(Br)cnc1N. The minimum Gasteiger partial charge on any atom is -0.383 e. The zero-order chi connectivity index (χ0) is 16.2. The van der Waals surface area contributed by atoms with Crippen molar-refractivity contribution in [3.63, 3.8) is 0 Å². The molecule has 1 atom stereocenters. The normalized spacial score (nSPS) is 13.2. The highest BCUT2D eigenvalue weighted by atomic mass is 79.9. The molecular formula is C12H19BrN4O3S. The summed E-state index contributed by atoms with van der Waals surface area (Å²) in [7, 11) is -3.92. The van der Waals surface area contributed by atoms with Crippen LogP contribution in [0.1, 0.15) is 20.8 Å². The minimum atomic E-state index is -3.92. The number of nitrogen functional groups attached to an aromatic ring is 1. The lowest BCUT2D eigenvalue weighted by atomic mass is 10.2. The molecule has 7 nitrogen and oxygen atoms in total. The van der Waals surface area contributed by atoms with E-state index in [0.29, 0.717) is 11.0 Å². The summed E-state index contributed by atoms with van der Waals surface area (Å²) in [6.45, 7) is 5.84. The smallest absolute Gasteiger partial charge is 0.244 e. The molecule has 1 amide bonds. The Labute approximate surface area is 132 Å². The van der Waals surface area contributed by atoms with Gasteiger partial charge < -0.3 is 11.1 Å². The lowest BCUT2D eigenvalue weighted by Crippen LogP contribution is -2.45. The molecule has 0 aliphatic carbocycles. The van der Waals surface area contributed by atoms with E-state index in [9.17, 15) is 13.2 Å². The predicted molar refractivity (Wildman–Crippen MR) is 84.0 cm³/mol. The number of pyridine rings is 1. The molecule has 0 saturated carbocycles. The summed E-state index contributed by atoms with van der Waals surface area (Å²) in [6.07, 6.45) is 1.40. The van der Waals surface area contributed by atoms with Crippen LogP contribution >= 0.6 is 15.9 Å². The van der Waals surface area contributed by atoms with Crippen molar-refractivity contribution in [2.45, 2.75) is 31.7 Å². The zero-order valence-electron chi connectivity index (χ0n) is 12.1. The first-order valence-electron chi connectivity index (χ1n) is 6.34. The van der Waals surface area contributed by atoms with Crippen LogP contribution in [0.3, 0.4) is 0 Å². The molecule has 0 fully saturated rings. The van der Waals surface area contributed by atoms with Crippen molar-refractivity contribution < 1.29 is 13.2 Å². The first-order valence-corrected chi connectivity index (χ1v) is 8.62. The van der Waals surface area contributed by atoms with Gasteiger partial charge in [-0.05, 0) is 34.8 Å². The summed E-state index contributed by atoms with van der Waals surface area (Å²) >= 11 is 3.14. The Bertz CT molecular complexity index is 619. The summed E-state index contributed by atoms with van der Waals surface area (Å²) in [5.41, 5.74) is 5.57. The van der Waals surface area contributed by atoms with Gasteiger partial charge in [0, 0.05) is 17.2 Å². The van der Waals surface area contributed by atoms with Gasteiger partial charge in [-0.25, -0.2) is 13.4 Å². The van der Waals surface area contributed by atoms with E-state index in [2.05, 4.69) is 31.0 Å². The summed E-state index contributed by atoms with van der Waals surface area (Å²) in [6, 6.07) is 0.427. The molecule has 1 aromatic rings. The highest BCUT2D eigenvalue weighted by molar-refractivity contribution is 9.10. The molecule has 9 heteroatoms. The van der Waals surface area contributed by atoms with Crippen LogP contribution in [-0.2, 0) is 14.8 Å². The summed E-state index contributed by atoms with van der Waals surface area (Å²) in [4.78, 5) is 15.4. The van der Waals surface area contributed by atoms with Crippen molar-refractivity contribution in [1.29, 1.82) is 0 Å². The maximum Gasteiger partial charge on any atom is 0.244 e. The quantitative estimate of drug-likeness (QED) is 0.679. The zero-order valence-corrected chi connectivity index (χ0v) is 14.5. The monoisotopic (exact) mass is 378 g/mol. The third-order valence-corrected chi connectivity index (χ3v) is 4.55. The molecule has 0 aliphatic rings. The minimum absolute atomic E-state index is 0.125. The summed E-state index contributed by atoms with van der Waals surface area (Å²) in [5, 5.41) is 2.66. The maximum atomic E-state index is 12.2. The van der Waals surface area contributed by atoms with Crippen LogP contribution in [0, 0.1) is 5.92 Å². The molecule has 1 unspecified atom stereocenters. The number of carbonyl (C=O) groups is 1. The van der Waals surface area contributed by atoms with E-state index >= 15 is 0 Å². The van der Waals surface area contributed by atoms with Gasteiger partial charge in [-0.1, -0.05) is 13.8 Å². The van der Waals surface area contributed by atoms with Crippen LogP contribution in [-0.4, -0.2) is 31.9 Å². The number of nitrogens with two attached hydrogens (primary N) is 1. The first kappa shape index (κ1) is 17.9. The van der Waals surface area contributed by atoms with Gasteiger partial charge in [0.05, 0.1) is 6.04 Å². The number of halogens is 1. The van der Waals surface area contributed by atoms with Gasteiger partial charge in [0.2, 0.25) is 15.9 Å². The molecule has 0 saturated heterocycles. The number of carbonyl (C=O) groups excluding carboxylic acids is 1. The van der Waals surface area contributed by atoms with Crippen LogP contribution in [0.15, 0.2) is 21.6 Å². The van der Waals surface area contributed by atoms with Crippen LogP contribution in [0.5, 0.6) is 0 Å². The highest BCUT2D eigenvalue weighted by Crippen LogP contribution is 2.20. The van der Waals surface area contributed by atoms with Crippen LogP contribution in [0.25, 0.3) is 0 Å². The van der Waals surface area contributed by atoms with Crippen molar-refractivity contribution >= 4 is 37.7 Å². The molecule has 1 heterocycles. The standard InChI is InChI=1S/C12H19BrN4O3S/c1-7(2)5-16-12(18)8(3)17-21(19,20)10-4-9(13)6-15-11(10)14/h4,6-8,17H,5H2,1-3H3,(H2,14,15)(H,16,18). The van der Waals surface area contributed by atoms with Crippen molar-refractivity contribution in [1.82, 2.24) is 15.0 Å². The van der Waals surface area contributed by atoms with Crippen molar-refractivity contribution in [2.75, 3.05) is 12.3 Å². The summed E-state index contributed by atoms with van der Waals surface area (Å²) < 4.78 is 27.2. The number of hydrogen-bond donors (Lipinski definition) is 3. The Hall–Kier alpha value is -1.19. The molecule has 21 heavy (non-hydrogen) atoms. The highest BCUT2D eigenvalue weighted by Gasteiger charge is 2.24. The van der Waals surface area contributed by atoms with Crippen molar-refractivity contribution in [3.8, 4) is 0 Å². The van der Waals surface area contributed by atoms with E-state index in [-0.39, 0.29) is 16.6 Å². The third-order valence-electron chi connectivity index (χ3n) is 2.55. The lowest BCUT2D eigenvalue weighted by molar-refractivity contribution is -0.122. The number of anilines is 1. The molecular weight excluding hydrogens is 360 g/mol. The number of nitrogens with zero attached hydrogens (tertiary/aromatic N) is 1. The van der Waals surface area contributed by atoms with E-state index in [4.69, 9.17) is 5.73 Å². The Kier molecular flexibility index (Phi) is 6.11. The molecule has 118 valence electrons. The molecule has 0 bridgehead atoms. The number of amides is 1. The van der Waals surface area contributed by atoms with E-state index in [1.54, 1.807) is 0 Å². The number of aromatic nitrogens is 1. The maximum absolute atomic E-state index is 12.2. The van der Waals surface area contributed by atoms with Gasteiger partial charge in [-0.3, -0.25) is 4.79 Å². The van der Waals surface area contributed by atoms with Gasteiger partial charge in [0.15, 0.2) is 0 Å². The number of sulfonamides is 1. The second kappa shape index (κ2) is 7.19. The first-order chi connectivity index (χ1) is 9.63. The van der Waals surface area contributed by atoms with E-state index in [0.717, 1.165) is 0 Å². The fourth-order valence-electron chi connectivity index (χ4n) is 1.45.